The zero-order valence-corrected chi connectivity index (χ0v) is 21.6. The average Bonchev–Trinajstić information content (AvgIpc) is 3.16. The number of aryl methyl sites for hydroxylation is 3. The maximum absolute atomic E-state index is 5.91. The molecular formula is C33H36ClN. The molecule has 0 bridgehead atoms. The van der Waals surface area contributed by atoms with Gasteiger partial charge in [-0.15, -0.1) is 6.58 Å². The van der Waals surface area contributed by atoms with Crippen molar-refractivity contribution in [3.63, 3.8) is 0 Å². The van der Waals surface area contributed by atoms with Crippen molar-refractivity contribution in [1.29, 1.82) is 0 Å². The summed E-state index contributed by atoms with van der Waals surface area (Å²) in [7, 11) is 1.98. The second kappa shape index (κ2) is 14.3. The molecule has 180 valence electrons. The minimum Gasteiger partial charge on any atom is -0.309 e. The lowest BCUT2D eigenvalue weighted by atomic mass is 9.98. The van der Waals surface area contributed by atoms with E-state index < -0.39 is 0 Å². The van der Waals surface area contributed by atoms with E-state index in [2.05, 4.69) is 110 Å². The molecule has 0 saturated heterocycles. The Morgan fingerprint density at radius 3 is 2.06 bits per heavy atom. The minimum atomic E-state index is 0.225. The van der Waals surface area contributed by atoms with Crippen molar-refractivity contribution in [1.82, 2.24) is 5.32 Å². The van der Waals surface area contributed by atoms with Gasteiger partial charge in [0.25, 0.3) is 0 Å². The first-order valence-electron chi connectivity index (χ1n) is 12.3. The minimum absolute atomic E-state index is 0.225. The quantitative estimate of drug-likeness (QED) is 0.318. The number of hydrogen-bond acceptors (Lipinski definition) is 1. The van der Waals surface area contributed by atoms with Gasteiger partial charge in [0, 0.05) is 5.02 Å². The van der Waals surface area contributed by atoms with Crippen molar-refractivity contribution in [2.75, 3.05) is 7.05 Å². The summed E-state index contributed by atoms with van der Waals surface area (Å²) in [5.74, 6) is 0. The summed E-state index contributed by atoms with van der Waals surface area (Å²) in [6.07, 6.45) is 16.8. The molecule has 3 aromatic carbocycles. The molecule has 35 heavy (non-hydrogen) atoms. The Balaban J connectivity index is 0.000000196. The van der Waals surface area contributed by atoms with E-state index in [-0.39, 0.29) is 6.04 Å². The van der Waals surface area contributed by atoms with E-state index in [0.717, 1.165) is 30.7 Å². The summed E-state index contributed by atoms with van der Waals surface area (Å²) in [4.78, 5) is 0. The predicted molar refractivity (Wildman–Crippen MR) is 153 cm³/mol. The van der Waals surface area contributed by atoms with Crippen LogP contribution in [0, 0.1) is 6.92 Å². The van der Waals surface area contributed by atoms with Crippen LogP contribution in [-0.4, -0.2) is 7.05 Å². The average molecular weight is 482 g/mol. The fourth-order valence-corrected chi connectivity index (χ4v) is 4.17. The monoisotopic (exact) mass is 481 g/mol. The lowest BCUT2D eigenvalue weighted by molar-refractivity contribution is 0.689. The van der Waals surface area contributed by atoms with E-state index in [1.807, 2.05) is 25.3 Å². The fraction of sp³-hybridized carbons (Fsp3) is 0.212. The Morgan fingerprint density at radius 2 is 1.46 bits per heavy atom. The van der Waals surface area contributed by atoms with Crippen LogP contribution in [0.3, 0.4) is 0 Å². The smallest absolute Gasteiger partial charge is 0.0571 e. The zero-order chi connectivity index (χ0) is 24.9. The van der Waals surface area contributed by atoms with Crippen molar-refractivity contribution < 1.29 is 0 Å². The summed E-state index contributed by atoms with van der Waals surface area (Å²) in [6.45, 7) is 5.89. The van der Waals surface area contributed by atoms with Gasteiger partial charge in [0.1, 0.15) is 0 Å². The number of hydrogen-bond donors (Lipinski definition) is 1. The molecule has 0 amide bonds. The van der Waals surface area contributed by atoms with E-state index >= 15 is 0 Å². The number of nitrogens with one attached hydrogen (secondary N) is 1. The molecule has 3 aromatic rings. The summed E-state index contributed by atoms with van der Waals surface area (Å²) >= 11 is 5.91. The van der Waals surface area contributed by atoms with Gasteiger partial charge in [-0.1, -0.05) is 114 Å². The van der Waals surface area contributed by atoms with Crippen LogP contribution in [0.5, 0.6) is 0 Å². The summed E-state index contributed by atoms with van der Waals surface area (Å²) in [6, 6.07) is 25.9. The van der Waals surface area contributed by atoms with E-state index in [1.54, 1.807) is 0 Å². The molecule has 1 unspecified atom stereocenters. The normalized spacial score (nSPS) is 13.3. The van der Waals surface area contributed by atoms with Crippen LogP contribution in [0.25, 0.3) is 0 Å². The van der Waals surface area contributed by atoms with Crippen molar-refractivity contribution in [2.24, 2.45) is 0 Å². The second-order valence-electron chi connectivity index (χ2n) is 8.80. The van der Waals surface area contributed by atoms with E-state index in [9.17, 15) is 0 Å². The summed E-state index contributed by atoms with van der Waals surface area (Å²) in [5.41, 5.74) is 8.00. The summed E-state index contributed by atoms with van der Waals surface area (Å²) in [5, 5.41) is 4.12. The van der Waals surface area contributed by atoms with Crippen molar-refractivity contribution in [2.45, 2.75) is 38.6 Å². The molecule has 1 aliphatic rings. The topological polar surface area (TPSA) is 12.0 Å². The lowest BCUT2D eigenvalue weighted by Gasteiger charge is -2.18. The Morgan fingerprint density at radius 1 is 0.857 bits per heavy atom. The summed E-state index contributed by atoms with van der Waals surface area (Å²) < 4.78 is 0. The van der Waals surface area contributed by atoms with Gasteiger partial charge in [0.2, 0.25) is 0 Å². The molecule has 1 aliphatic carbocycles. The van der Waals surface area contributed by atoms with Crippen LogP contribution in [0.4, 0.5) is 0 Å². The van der Waals surface area contributed by atoms with Gasteiger partial charge in [-0.3, -0.25) is 0 Å². The van der Waals surface area contributed by atoms with Gasteiger partial charge in [0.15, 0.2) is 0 Å². The number of allylic oxidation sites excluding steroid dienone is 5. The van der Waals surface area contributed by atoms with E-state index in [1.165, 1.54) is 33.4 Å². The molecule has 1 atom stereocenters. The van der Waals surface area contributed by atoms with E-state index in [4.69, 9.17) is 11.6 Å². The highest BCUT2D eigenvalue weighted by molar-refractivity contribution is 6.30. The number of likely N-dealkylation sites (N-methyl/N-ethyl adjacent to an activating group) is 1. The zero-order valence-electron chi connectivity index (χ0n) is 20.9. The van der Waals surface area contributed by atoms with Crippen LogP contribution < -0.4 is 5.32 Å². The Hall–Kier alpha value is -3.13. The molecule has 0 aliphatic heterocycles. The maximum atomic E-state index is 5.91. The molecule has 0 aromatic heterocycles. The van der Waals surface area contributed by atoms with Gasteiger partial charge in [-0.05, 0) is 79.6 Å². The van der Waals surface area contributed by atoms with Crippen LogP contribution in [-0.2, 0) is 19.3 Å². The number of rotatable bonds is 8. The van der Waals surface area contributed by atoms with Crippen LogP contribution in [0.15, 0.2) is 121 Å². The molecular weight excluding hydrogens is 446 g/mol. The highest BCUT2D eigenvalue weighted by Gasteiger charge is 2.12. The third-order valence-electron chi connectivity index (χ3n) is 6.08. The Labute approximate surface area is 216 Å². The van der Waals surface area contributed by atoms with Gasteiger partial charge in [-0.2, -0.15) is 0 Å². The third kappa shape index (κ3) is 8.87. The molecule has 0 fully saturated rings. The Kier molecular flexibility index (Phi) is 10.8. The van der Waals surface area contributed by atoms with Crippen LogP contribution >= 0.6 is 11.6 Å². The molecule has 0 heterocycles. The standard InChI is InChI=1S/C18H20.C15H16ClN/c1-3-4-16-9-11-18(12-10-16)14-13-17-7-5-15(2)6-8-17;1-17-15(12-6-4-2-3-5-7-12)13-8-10-14(16)11-9-13/h3,5-12H,1,4,13-14H2,2H3;2-4,6-11,15,17H,5H2,1H3. The van der Waals surface area contributed by atoms with Gasteiger partial charge in [0.05, 0.1) is 6.04 Å². The third-order valence-corrected chi connectivity index (χ3v) is 6.33. The SMILES string of the molecule is C=CCc1ccc(CCc2ccc(C)cc2)cc1.CNC(C1=CCC=CC=C1)c1ccc(Cl)cc1. The molecule has 1 N–H and O–H groups in total. The maximum Gasteiger partial charge on any atom is 0.0571 e. The number of benzene rings is 3. The fourth-order valence-electron chi connectivity index (χ4n) is 4.04. The van der Waals surface area contributed by atoms with Crippen LogP contribution in [0.1, 0.15) is 40.3 Å². The van der Waals surface area contributed by atoms with Gasteiger partial charge >= 0.3 is 0 Å². The highest BCUT2D eigenvalue weighted by Crippen LogP contribution is 2.25. The van der Waals surface area contributed by atoms with Crippen molar-refractivity contribution >= 4 is 11.6 Å². The first-order valence-corrected chi connectivity index (χ1v) is 12.7. The second-order valence-corrected chi connectivity index (χ2v) is 9.23. The molecule has 1 nitrogen and oxygen atoms in total. The molecule has 0 saturated carbocycles. The molecule has 2 heteroatoms. The van der Waals surface area contributed by atoms with Crippen LogP contribution in [0.2, 0.25) is 5.02 Å². The molecule has 4 rings (SSSR count). The largest absolute Gasteiger partial charge is 0.309 e. The van der Waals surface area contributed by atoms with Crippen molar-refractivity contribution in [3.8, 4) is 0 Å². The predicted octanol–water partition coefficient (Wildman–Crippen LogP) is 8.55. The van der Waals surface area contributed by atoms with Gasteiger partial charge < -0.3 is 5.32 Å². The van der Waals surface area contributed by atoms with Crippen molar-refractivity contribution in [3.05, 3.63) is 154 Å². The lowest BCUT2D eigenvalue weighted by Crippen LogP contribution is -2.17. The molecule has 0 radical (unpaired) electrons. The number of halogens is 1. The Bertz CT molecular complexity index is 1130. The first kappa shape index (κ1) is 26.5. The van der Waals surface area contributed by atoms with Gasteiger partial charge in [-0.25, -0.2) is 0 Å². The first-order chi connectivity index (χ1) is 17.1. The van der Waals surface area contributed by atoms with E-state index in [0.29, 0.717) is 0 Å². The molecule has 0 spiro atoms. The highest BCUT2D eigenvalue weighted by atomic mass is 35.5.